The Morgan fingerprint density at radius 1 is 1.11 bits per heavy atom. The van der Waals surface area contributed by atoms with Gasteiger partial charge in [-0.1, -0.05) is 39.8 Å². The lowest BCUT2D eigenvalue weighted by atomic mass is 10.0. The Kier molecular flexibility index (Phi) is 7.07. The molecule has 0 radical (unpaired) electrons. The second-order valence-corrected chi connectivity index (χ2v) is 6.08. The minimum Gasteiger partial charge on any atom is -0.381 e. The maximum Gasteiger partial charge on any atom is 0.123 e. The van der Waals surface area contributed by atoms with E-state index in [4.69, 9.17) is 4.74 Å². The van der Waals surface area contributed by atoms with Crippen LogP contribution in [0.1, 0.15) is 52.0 Å². The van der Waals surface area contributed by atoms with E-state index in [1.165, 1.54) is 30.5 Å². The monoisotopic (exact) mass is 266 g/mol. The normalized spacial score (nSPS) is 14.5. The van der Waals surface area contributed by atoms with E-state index in [0.29, 0.717) is 11.8 Å². The fourth-order valence-corrected chi connectivity index (χ4v) is 1.60. The third-order valence-electron chi connectivity index (χ3n) is 3.04. The molecule has 0 atom stereocenters. The fourth-order valence-electron chi connectivity index (χ4n) is 1.60. The van der Waals surface area contributed by atoms with Gasteiger partial charge in [0, 0.05) is 13.2 Å². The third kappa shape index (κ3) is 7.99. The Labute approximate surface area is 117 Å². The second-order valence-electron chi connectivity index (χ2n) is 6.08. The average molecular weight is 266 g/mol. The first-order chi connectivity index (χ1) is 8.99. The molecule has 1 aromatic carbocycles. The van der Waals surface area contributed by atoms with E-state index < -0.39 is 0 Å². The lowest BCUT2D eigenvalue weighted by Crippen LogP contribution is -2.03. The molecule has 1 nitrogen and oxygen atoms in total. The summed E-state index contributed by atoms with van der Waals surface area (Å²) in [6, 6.07) is 6.63. The Morgan fingerprint density at radius 3 is 2.11 bits per heavy atom. The Balaban J connectivity index is 0.000000191. The van der Waals surface area contributed by atoms with Crippen LogP contribution < -0.4 is 0 Å². The Hall–Kier alpha value is -0.890. The van der Waals surface area contributed by atoms with Gasteiger partial charge in [0.05, 0.1) is 0 Å². The highest BCUT2D eigenvalue weighted by Gasteiger charge is 2.20. The van der Waals surface area contributed by atoms with Gasteiger partial charge in [-0.15, -0.1) is 0 Å². The predicted octanol–water partition coefficient (Wildman–Crippen LogP) is 5.02. The highest BCUT2D eigenvalue weighted by atomic mass is 19.1. The van der Waals surface area contributed by atoms with Gasteiger partial charge in [0.2, 0.25) is 0 Å². The highest BCUT2D eigenvalue weighted by molar-refractivity contribution is 5.18. The van der Waals surface area contributed by atoms with Crippen LogP contribution in [0.3, 0.4) is 0 Å². The van der Waals surface area contributed by atoms with E-state index in [1.807, 2.05) is 12.1 Å². The molecule has 1 aromatic rings. The summed E-state index contributed by atoms with van der Waals surface area (Å²) in [7, 11) is 0. The molecular formula is C17H27FO. The molecule has 19 heavy (non-hydrogen) atoms. The van der Waals surface area contributed by atoms with Gasteiger partial charge in [-0.05, 0) is 48.3 Å². The summed E-state index contributed by atoms with van der Waals surface area (Å²) in [6.07, 6.45) is 2.80. The van der Waals surface area contributed by atoms with Crippen molar-refractivity contribution >= 4 is 0 Å². The third-order valence-corrected chi connectivity index (χ3v) is 3.04. The molecule has 0 heterocycles. The number of hydrogen-bond acceptors (Lipinski definition) is 1. The van der Waals surface area contributed by atoms with E-state index in [2.05, 4.69) is 27.7 Å². The number of ether oxygens (including phenoxy) is 1. The van der Waals surface area contributed by atoms with Crippen molar-refractivity contribution in [2.45, 2.75) is 46.5 Å². The zero-order valence-corrected chi connectivity index (χ0v) is 12.7. The number of benzene rings is 1. The molecule has 2 heteroatoms. The van der Waals surface area contributed by atoms with Crippen molar-refractivity contribution in [3.8, 4) is 0 Å². The maximum absolute atomic E-state index is 12.4. The van der Waals surface area contributed by atoms with Gasteiger partial charge in [0.25, 0.3) is 0 Å². The summed E-state index contributed by atoms with van der Waals surface area (Å²) >= 11 is 0. The largest absolute Gasteiger partial charge is 0.381 e. The summed E-state index contributed by atoms with van der Waals surface area (Å²) in [5.74, 6) is 1.94. The van der Waals surface area contributed by atoms with Gasteiger partial charge < -0.3 is 4.74 Å². The zero-order valence-electron chi connectivity index (χ0n) is 12.7. The first-order valence-electron chi connectivity index (χ1n) is 7.32. The second kappa shape index (κ2) is 8.31. The molecule has 0 saturated heterocycles. The molecule has 0 spiro atoms. The molecule has 1 aliphatic rings. The number of rotatable bonds is 5. The standard InChI is InChI=1S/C9H11F.C8H16O/c1-7(2)8-3-5-9(10)6-4-8;1-7(2)5-9-6-8-3-4-8/h3-7H,1-2H3;7-8H,3-6H2,1-2H3. The van der Waals surface area contributed by atoms with Crippen LogP contribution in [-0.2, 0) is 4.74 Å². The average Bonchev–Trinajstić information content (AvgIpc) is 3.14. The van der Waals surface area contributed by atoms with E-state index in [-0.39, 0.29) is 5.82 Å². The molecule has 0 N–H and O–H groups in total. The quantitative estimate of drug-likeness (QED) is 0.727. The van der Waals surface area contributed by atoms with Crippen molar-refractivity contribution in [1.29, 1.82) is 0 Å². The predicted molar refractivity (Wildman–Crippen MR) is 78.9 cm³/mol. The van der Waals surface area contributed by atoms with Crippen molar-refractivity contribution in [2.24, 2.45) is 11.8 Å². The molecule has 0 aromatic heterocycles. The smallest absolute Gasteiger partial charge is 0.123 e. The van der Waals surface area contributed by atoms with Crippen molar-refractivity contribution in [2.75, 3.05) is 13.2 Å². The summed E-state index contributed by atoms with van der Waals surface area (Å²) < 4.78 is 17.8. The van der Waals surface area contributed by atoms with Gasteiger partial charge >= 0.3 is 0 Å². The van der Waals surface area contributed by atoms with E-state index in [0.717, 1.165) is 19.1 Å². The number of halogens is 1. The van der Waals surface area contributed by atoms with Crippen LogP contribution in [0.4, 0.5) is 4.39 Å². The van der Waals surface area contributed by atoms with Gasteiger partial charge in [-0.25, -0.2) is 4.39 Å². The fraction of sp³-hybridized carbons (Fsp3) is 0.647. The van der Waals surface area contributed by atoms with Crippen molar-refractivity contribution in [3.05, 3.63) is 35.6 Å². The highest BCUT2D eigenvalue weighted by Crippen LogP contribution is 2.28. The lowest BCUT2D eigenvalue weighted by molar-refractivity contribution is 0.101. The minimum atomic E-state index is -0.163. The van der Waals surface area contributed by atoms with Crippen LogP contribution in [0, 0.1) is 17.7 Å². The van der Waals surface area contributed by atoms with Crippen molar-refractivity contribution in [1.82, 2.24) is 0 Å². The summed E-state index contributed by atoms with van der Waals surface area (Å²) in [6.45, 7) is 10.5. The Morgan fingerprint density at radius 2 is 1.68 bits per heavy atom. The topological polar surface area (TPSA) is 9.23 Å². The van der Waals surface area contributed by atoms with Gasteiger partial charge in [0.1, 0.15) is 5.82 Å². The molecule has 1 aliphatic carbocycles. The number of hydrogen-bond donors (Lipinski definition) is 0. The van der Waals surface area contributed by atoms with E-state index in [1.54, 1.807) is 0 Å². The van der Waals surface area contributed by atoms with Crippen molar-refractivity contribution < 1.29 is 9.13 Å². The molecule has 1 saturated carbocycles. The summed E-state index contributed by atoms with van der Waals surface area (Å²) in [4.78, 5) is 0. The molecule has 108 valence electrons. The van der Waals surface area contributed by atoms with Gasteiger partial charge in [0.15, 0.2) is 0 Å². The Bertz CT molecular complexity index is 337. The molecule has 0 bridgehead atoms. The first-order valence-corrected chi connectivity index (χ1v) is 7.32. The van der Waals surface area contributed by atoms with Crippen molar-refractivity contribution in [3.63, 3.8) is 0 Å². The molecular weight excluding hydrogens is 239 g/mol. The van der Waals surface area contributed by atoms with Crippen LogP contribution in [0.2, 0.25) is 0 Å². The first kappa shape index (κ1) is 16.2. The van der Waals surface area contributed by atoms with Crippen LogP contribution in [0.15, 0.2) is 24.3 Å². The lowest BCUT2D eigenvalue weighted by Gasteiger charge is -2.04. The summed E-state index contributed by atoms with van der Waals surface area (Å²) in [5, 5.41) is 0. The van der Waals surface area contributed by atoms with Gasteiger partial charge in [-0.2, -0.15) is 0 Å². The summed E-state index contributed by atoms with van der Waals surface area (Å²) in [5.41, 5.74) is 1.18. The molecule has 1 fully saturated rings. The molecule has 2 rings (SSSR count). The van der Waals surface area contributed by atoms with Crippen LogP contribution in [0.25, 0.3) is 0 Å². The van der Waals surface area contributed by atoms with Crippen LogP contribution in [0.5, 0.6) is 0 Å². The zero-order chi connectivity index (χ0) is 14.3. The molecule has 0 amide bonds. The van der Waals surface area contributed by atoms with E-state index >= 15 is 0 Å². The van der Waals surface area contributed by atoms with Crippen LogP contribution >= 0.6 is 0 Å². The van der Waals surface area contributed by atoms with E-state index in [9.17, 15) is 4.39 Å². The molecule has 0 unspecified atom stereocenters. The minimum absolute atomic E-state index is 0.163. The molecule has 0 aliphatic heterocycles. The van der Waals surface area contributed by atoms with Gasteiger partial charge in [-0.3, -0.25) is 0 Å². The van der Waals surface area contributed by atoms with Crippen LogP contribution in [-0.4, -0.2) is 13.2 Å². The maximum atomic E-state index is 12.4. The SMILES string of the molecule is CC(C)COCC1CC1.CC(C)c1ccc(F)cc1.